The summed E-state index contributed by atoms with van der Waals surface area (Å²) in [5.74, 6) is 0.154. The smallest absolute Gasteiger partial charge is 0.154 e. The number of alkyl halides is 3. The predicted molar refractivity (Wildman–Crippen MR) is 78.8 cm³/mol. The first-order chi connectivity index (χ1) is 8.42. The summed E-state index contributed by atoms with van der Waals surface area (Å²) in [5.41, 5.74) is 0. The lowest BCUT2D eigenvalue weighted by Crippen LogP contribution is -3.00. The van der Waals surface area contributed by atoms with Gasteiger partial charge in [0.05, 0.1) is 36.1 Å². The average molecular weight is 378 g/mol. The molecule has 0 aromatic rings. The third-order valence-electron chi connectivity index (χ3n) is 2.63. The summed E-state index contributed by atoms with van der Waals surface area (Å²) in [6.45, 7) is 0. The van der Waals surface area contributed by atoms with E-state index in [1.54, 1.807) is 0 Å². The van der Waals surface area contributed by atoms with Crippen molar-refractivity contribution in [3.8, 4) is 0 Å². The first kappa shape index (κ1) is 22.7. The van der Waals surface area contributed by atoms with Crippen molar-refractivity contribution in [2.24, 2.45) is 0 Å². The Bertz CT molecular complexity index is 194. The number of aliphatic hydroxyl groups excluding tert-OH is 4. The van der Waals surface area contributed by atoms with Gasteiger partial charge in [-0.2, -0.15) is 0 Å². The Morgan fingerprint density at radius 2 is 1.00 bits per heavy atom. The van der Waals surface area contributed by atoms with Crippen molar-refractivity contribution in [1.29, 1.82) is 0 Å². The normalized spacial score (nSPS) is 19.1. The largest absolute Gasteiger partial charge is 1.00 e. The quantitative estimate of drug-likeness (QED) is 0.256. The molecular weight excluding hydrogens is 357 g/mol. The molecule has 0 saturated heterocycles. The molecule has 0 spiro atoms. The van der Waals surface area contributed by atoms with Crippen molar-refractivity contribution < 1.29 is 32.8 Å². The number of rotatable bonds is 10. The second-order valence-corrected chi connectivity index (χ2v) is 9.44. The molecule has 0 aromatic carbocycles. The molecule has 0 aromatic heterocycles. The molecule has 0 saturated carbocycles. The molecule has 19 heavy (non-hydrogen) atoms. The fourth-order valence-corrected chi connectivity index (χ4v) is 6.53. The summed E-state index contributed by atoms with van der Waals surface area (Å²) in [7, 11) is -2.14. The maximum atomic E-state index is 9.65. The topological polar surface area (TPSA) is 80.9 Å². The van der Waals surface area contributed by atoms with Crippen LogP contribution >= 0.6 is 42.1 Å². The first-order valence-corrected chi connectivity index (χ1v) is 9.74. The zero-order valence-electron chi connectivity index (χ0n) is 10.4. The van der Waals surface area contributed by atoms with Crippen molar-refractivity contribution in [2.75, 3.05) is 42.5 Å². The standard InChI is InChI=1S/C10H21Cl3O4P.ClH/c11-1-8(15)4-18(7-14,5-9(16)2-12)6-10(17)3-13;/h8-10,14-17H,1-7H2;1H/q+1;/p-1. The Balaban J connectivity index is 0. The van der Waals surface area contributed by atoms with E-state index >= 15 is 0 Å². The number of halogens is 4. The third-order valence-corrected chi connectivity index (χ3v) is 7.89. The molecule has 0 radical (unpaired) electrons. The molecule has 4 N–H and O–H groups in total. The van der Waals surface area contributed by atoms with E-state index in [9.17, 15) is 20.4 Å². The summed E-state index contributed by atoms with van der Waals surface area (Å²) in [6.07, 6.45) is -1.62. The molecule has 0 rings (SSSR count). The van der Waals surface area contributed by atoms with Gasteiger partial charge in [0, 0.05) is 7.26 Å². The molecule has 0 heterocycles. The zero-order chi connectivity index (χ0) is 14.2. The van der Waals surface area contributed by atoms with Crippen LogP contribution < -0.4 is 12.4 Å². The highest BCUT2D eigenvalue weighted by molar-refractivity contribution is 7.75. The zero-order valence-corrected chi connectivity index (χ0v) is 14.3. The van der Waals surface area contributed by atoms with Crippen LogP contribution in [0.5, 0.6) is 0 Å². The molecule has 0 bridgehead atoms. The van der Waals surface area contributed by atoms with Gasteiger partial charge in [-0.05, 0) is 0 Å². The van der Waals surface area contributed by atoms with Gasteiger partial charge in [-0.15, -0.1) is 34.8 Å². The number of hydrogen-bond donors (Lipinski definition) is 4. The summed E-state index contributed by atoms with van der Waals surface area (Å²) in [4.78, 5) is 0. The van der Waals surface area contributed by atoms with Crippen molar-refractivity contribution >= 4 is 42.1 Å². The highest BCUT2D eigenvalue weighted by atomic mass is 35.5. The van der Waals surface area contributed by atoms with Crippen molar-refractivity contribution in [3.05, 3.63) is 0 Å². The highest BCUT2D eigenvalue weighted by Gasteiger charge is 2.42. The lowest BCUT2D eigenvalue weighted by molar-refractivity contribution is -0.0000106. The Hall–Kier alpha value is 1.43. The molecule has 4 nitrogen and oxygen atoms in total. The van der Waals surface area contributed by atoms with Crippen LogP contribution in [0.3, 0.4) is 0 Å². The molecule has 3 unspecified atom stereocenters. The van der Waals surface area contributed by atoms with E-state index in [0.29, 0.717) is 0 Å². The van der Waals surface area contributed by atoms with E-state index in [0.717, 1.165) is 0 Å². The molecule has 9 heteroatoms. The van der Waals surface area contributed by atoms with Gasteiger partial charge >= 0.3 is 0 Å². The van der Waals surface area contributed by atoms with Crippen LogP contribution in [0.4, 0.5) is 0 Å². The maximum absolute atomic E-state index is 9.65. The van der Waals surface area contributed by atoms with Gasteiger partial charge in [-0.1, -0.05) is 0 Å². The molecule has 3 atom stereocenters. The summed E-state index contributed by atoms with van der Waals surface area (Å²) < 4.78 is 0. The molecule has 118 valence electrons. The molecule has 0 amide bonds. The molecule has 0 fully saturated rings. The van der Waals surface area contributed by atoms with Crippen LogP contribution in [-0.2, 0) is 0 Å². The van der Waals surface area contributed by atoms with E-state index in [1.165, 1.54) is 0 Å². The monoisotopic (exact) mass is 376 g/mol. The fraction of sp³-hybridized carbons (Fsp3) is 1.00. The minimum absolute atomic E-state index is 0. The van der Waals surface area contributed by atoms with Gasteiger partial charge in [0.1, 0.15) is 18.3 Å². The van der Waals surface area contributed by atoms with Crippen molar-refractivity contribution in [1.82, 2.24) is 0 Å². The van der Waals surface area contributed by atoms with Crippen LogP contribution in [0.15, 0.2) is 0 Å². The van der Waals surface area contributed by atoms with Crippen LogP contribution in [0.2, 0.25) is 0 Å². The van der Waals surface area contributed by atoms with Crippen molar-refractivity contribution in [3.63, 3.8) is 0 Å². The third kappa shape index (κ3) is 9.13. The van der Waals surface area contributed by atoms with Crippen LogP contribution in [0, 0.1) is 0 Å². The first-order valence-electron chi connectivity index (χ1n) is 5.61. The van der Waals surface area contributed by atoms with E-state index in [1.807, 2.05) is 0 Å². The second kappa shape index (κ2) is 12.0. The van der Waals surface area contributed by atoms with Gasteiger partial charge in [0.2, 0.25) is 0 Å². The van der Waals surface area contributed by atoms with E-state index in [2.05, 4.69) is 0 Å². The summed E-state index contributed by atoms with van der Waals surface area (Å²) in [5, 5.41) is 38.6. The minimum Gasteiger partial charge on any atom is -1.00 e. The van der Waals surface area contributed by atoms with Gasteiger partial charge in [0.15, 0.2) is 6.35 Å². The van der Waals surface area contributed by atoms with Crippen LogP contribution in [-0.4, -0.2) is 81.2 Å². The lowest BCUT2D eigenvalue weighted by Gasteiger charge is -2.29. The molecule has 0 aliphatic carbocycles. The number of hydrogen-bond acceptors (Lipinski definition) is 4. The Morgan fingerprint density at radius 1 is 0.737 bits per heavy atom. The molecule has 0 aliphatic rings. The lowest BCUT2D eigenvalue weighted by atomic mass is 10.5. The molecule has 0 aliphatic heterocycles. The Morgan fingerprint density at radius 3 is 1.16 bits per heavy atom. The fourth-order valence-electron chi connectivity index (χ4n) is 1.88. The minimum atomic E-state index is -2.14. The van der Waals surface area contributed by atoms with E-state index in [-0.39, 0.29) is 54.9 Å². The Labute approximate surface area is 135 Å². The molecular formula is C10H21Cl4O4P. The SMILES string of the molecule is OC[P+](CC(O)CCl)(CC(O)CCl)CC(O)CCl.[Cl-]. The van der Waals surface area contributed by atoms with E-state index in [4.69, 9.17) is 34.8 Å². The van der Waals surface area contributed by atoms with Crippen molar-refractivity contribution in [2.45, 2.75) is 18.3 Å². The second-order valence-electron chi connectivity index (χ2n) is 4.46. The van der Waals surface area contributed by atoms with Gasteiger partial charge in [-0.25, -0.2) is 0 Å². The highest BCUT2D eigenvalue weighted by Crippen LogP contribution is 2.59. The van der Waals surface area contributed by atoms with Gasteiger partial charge < -0.3 is 32.8 Å². The number of aliphatic hydroxyl groups is 4. The van der Waals surface area contributed by atoms with Gasteiger partial charge in [0.25, 0.3) is 0 Å². The van der Waals surface area contributed by atoms with E-state index < -0.39 is 25.6 Å². The summed E-state index contributed by atoms with van der Waals surface area (Å²) in [6, 6.07) is 0. The Kier molecular flexibility index (Phi) is 14.4. The summed E-state index contributed by atoms with van der Waals surface area (Å²) >= 11 is 16.7. The maximum Gasteiger partial charge on any atom is 0.154 e. The van der Waals surface area contributed by atoms with Crippen LogP contribution in [0.1, 0.15) is 0 Å². The average Bonchev–Trinajstić information content (AvgIpc) is 2.37. The van der Waals surface area contributed by atoms with Crippen LogP contribution in [0.25, 0.3) is 0 Å². The van der Waals surface area contributed by atoms with Gasteiger partial charge in [-0.3, -0.25) is 0 Å². The predicted octanol–water partition coefficient (Wildman–Crippen LogP) is -2.24.